The molecule has 61 heavy (non-hydrogen) atoms. The van der Waals surface area contributed by atoms with Crippen molar-refractivity contribution >= 4 is 63.3 Å². The van der Waals surface area contributed by atoms with Crippen LogP contribution in [0.1, 0.15) is 104 Å². The normalized spacial score (nSPS) is 15.1. The molecule has 0 bridgehead atoms. The molecule has 0 unspecified atom stereocenters. The van der Waals surface area contributed by atoms with E-state index in [4.69, 9.17) is 0 Å². The van der Waals surface area contributed by atoms with E-state index >= 15 is 0 Å². The van der Waals surface area contributed by atoms with Crippen LogP contribution in [0.5, 0.6) is 0 Å². The predicted molar refractivity (Wildman–Crippen MR) is 263 cm³/mol. The molecule has 0 N–H and O–H groups in total. The molecule has 3 aliphatic heterocycles. The number of rotatable bonds is 3. The molecule has 3 nitrogen and oxygen atoms in total. The number of benzene rings is 7. The van der Waals surface area contributed by atoms with E-state index in [1.165, 1.54) is 95.4 Å². The van der Waals surface area contributed by atoms with Crippen molar-refractivity contribution in [2.75, 3.05) is 14.6 Å². The van der Waals surface area contributed by atoms with Crippen molar-refractivity contribution < 1.29 is 0 Å². The third-order valence-electron chi connectivity index (χ3n) is 13.6. The fourth-order valence-corrected chi connectivity index (χ4v) is 10.1. The summed E-state index contributed by atoms with van der Waals surface area (Å²) in [5.74, 6) is 0. The van der Waals surface area contributed by atoms with Gasteiger partial charge in [0.1, 0.15) is 0 Å². The van der Waals surface area contributed by atoms with Crippen LogP contribution in [0.4, 0.5) is 45.5 Å². The zero-order valence-electron chi connectivity index (χ0n) is 37.9. The lowest BCUT2D eigenvalue weighted by Crippen LogP contribution is -2.59. The molecule has 0 spiro atoms. The molecule has 0 saturated heterocycles. The van der Waals surface area contributed by atoms with E-state index in [2.05, 4.69) is 242 Å². The number of hydrogen-bond acceptors (Lipinski definition) is 3. The van der Waals surface area contributed by atoms with Gasteiger partial charge < -0.3 is 14.6 Å². The lowest BCUT2D eigenvalue weighted by atomic mass is 9.44. The van der Waals surface area contributed by atoms with Gasteiger partial charge in [-0.05, 0) is 116 Å². The highest BCUT2D eigenvalue weighted by Crippen LogP contribution is 2.58. The monoisotopic (exact) mass is 795 g/mol. The van der Waals surface area contributed by atoms with Crippen molar-refractivity contribution in [3.63, 3.8) is 0 Å². The molecule has 3 heterocycles. The van der Waals surface area contributed by atoms with Gasteiger partial charge in [0.25, 0.3) is 0 Å². The van der Waals surface area contributed by atoms with Gasteiger partial charge in [0.2, 0.25) is 0 Å². The van der Waals surface area contributed by atoms with Crippen LogP contribution in [0.2, 0.25) is 0 Å². The second-order valence-corrected chi connectivity index (χ2v) is 21.2. The Kier molecular flexibility index (Phi) is 8.67. The Morgan fingerprint density at radius 1 is 0.410 bits per heavy atom. The maximum atomic E-state index is 2.71. The standard InChI is InChI=1S/C57H58BN3/c1-54(2,3)37-26-29-47-43(32-37)44-33-39(56(7,8)9)35-52-53(44)61(50-30-27-38(55(4,5)6)34-51(50)60(52)42-22-16-13-17-23-42)58(47)40-28-31-49-46(36-40)57(10,11)45-24-18-19-25-48(45)59(49)41-20-14-12-15-21-41/h12-36H,1-11H3. The molecular weight excluding hydrogens is 737 g/mol. The number of fused-ring (bicyclic) bond motifs is 6. The second kappa shape index (κ2) is 13.5. The third kappa shape index (κ3) is 6.16. The first-order valence-electron chi connectivity index (χ1n) is 22.1. The van der Waals surface area contributed by atoms with Crippen molar-refractivity contribution in [2.24, 2.45) is 0 Å². The van der Waals surface area contributed by atoms with Crippen molar-refractivity contribution in [1.82, 2.24) is 0 Å². The molecule has 0 saturated carbocycles. The summed E-state index contributed by atoms with van der Waals surface area (Å²) in [6.45, 7) is 25.8. The summed E-state index contributed by atoms with van der Waals surface area (Å²) in [6.07, 6.45) is 0. The summed E-state index contributed by atoms with van der Waals surface area (Å²) in [4.78, 5) is 7.72. The van der Waals surface area contributed by atoms with Gasteiger partial charge in [-0.2, -0.15) is 0 Å². The van der Waals surface area contributed by atoms with Crippen LogP contribution in [-0.4, -0.2) is 6.85 Å². The second-order valence-electron chi connectivity index (χ2n) is 21.2. The number of nitrogens with zero attached hydrogens (tertiary/aromatic N) is 3. The van der Waals surface area contributed by atoms with E-state index in [0.717, 1.165) is 0 Å². The Hall–Kier alpha value is -6.00. The molecule has 7 aromatic carbocycles. The molecule has 4 heteroatoms. The van der Waals surface area contributed by atoms with Gasteiger partial charge >= 0.3 is 6.85 Å². The molecular formula is C57H58BN3. The Morgan fingerprint density at radius 3 is 1.56 bits per heavy atom. The van der Waals surface area contributed by atoms with Gasteiger partial charge in [0.15, 0.2) is 0 Å². The molecule has 0 aliphatic carbocycles. The maximum Gasteiger partial charge on any atom is 0.328 e. The van der Waals surface area contributed by atoms with Gasteiger partial charge in [0.05, 0.1) is 34.1 Å². The lowest BCUT2D eigenvalue weighted by Gasteiger charge is -2.48. The first-order valence-corrected chi connectivity index (χ1v) is 22.1. The average molecular weight is 796 g/mol. The highest BCUT2D eigenvalue weighted by Gasteiger charge is 2.46. The van der Waals surface area contributed by atoms with Crippen LogP contribution in [0.25, 0.3) is 11.1 Å². The summed E-state index contributed by atoms with van der Waals surface area (Å²) in [6, 6.07) is 57.9. The first-order chi connectivity index (χ1) is 28.9. The summed E-state index contributed by atoms with van der Waals surface area (Å²) < 4.78 is 0. The molecule has 10 rings (SSSR count). The number of para-hydroxylation sites is 3. The smallest absolute Gasteiger partial charge is 0.328 e. The lowest BCUT2D eigenvalue weighted by molar-refractivity contribution is 0.589. The van der Waals surface area contributed by atoms with Crippen LogP contribution in [0, 0.1) is 0 Å². The molecule has 0 aromatic heterocycles. The summed E-state index contributed by atoms with van der Waals surface area (Å²) >= 11 is 0. The minimum Gasteiger partial charge on any atom is -0.373 e. The fraction of sp³-hybridized carbons (Fsp3) is 0.263. The molecule has 0 fully saturated rings. The van der Waals surface area contributed by atoms with Crippen LogP contribution in [0.3, 0.4) is 0 Å². The van der Waals surface area contributed by atoms with Crippen LogP contribution in [0.15, 0.2) is 152 Å². The zero-order valence-corrected chi connectivity index (χ0v) is 37.9. The quantitative estimate of drug-likeness (QED) is 0.165. The fourth-order valence-electron chi connectivity index (χ4n) is 10.1. The van der Waals surface area contributed by atoms with Crippen LogP contribution in [-0.2, 0) is 21.7 Å². The Morgan fingerprint density at radius 2 is 0.918 bits per heavy atom. The Balaban J connectivity index is 1.30. The van der Waals surface area contributed by atoms with E-state index in [1.807, 2.05) is 0 Å². The van der Waals surface area contributed by atoms with E-state index in [0.29, 0.717) is 0 Å². The average Bonchev–Trinajstić information content (AvgIpc) is 3.23. The number of hydrogen-bond donors (Lipinski definition) is 0. The number of anilines is 8. The molecule has 0 radical (unpaired) electrons. The zero-order chi connectivity index (χ0) is 42.8. The first kappa shape index (κ1) is 39.2. The van der Waals surface area contributed by atoms with Gasteiger partial charge in [-0.3, -0.25) is 0 Å². The topological polar surface area (TPSA) is 9.72 Å². The van der Waals surface area contributed by atoms with Gasteiger partial charge in [0, 0.05) is 22.4 Å². The summed E-state index contributed by atoms with van der Waals surface area (Å²) in [5.41, 5.74) is 21.3. The summed E-state index contributed by atoms with van der Waals surface area (Å²) in [5, 5.41) is 0. The van der Waals surface area contributed by atoms with E-state index in [9.17, 15) is 0 Å². The van der Waals surface area contributed by atoms with E-state index in [1.54, 1.807) is 0 Å². The van der Waals surface area contributed by atoms with Crippen molar-refractivity contribution in [3.8, 4) is 11.1 Å². The predicted octanol–water partition coefficient (Wildman–Crippen LogP) is 14.4. The van der Waals surface area contributed by atoms with Gasteiger partial charge in [-0.1, -0.05) is 173 Å². The molecule has 7 aromatic rings. The van der Waals surface area contributed by atoms with Crippen molar-refractivity contribution in [2.45, 2.75) is 97.8 Å². The van der Waals surface area contributed by atoms with Crippen molar-refractivity contribution in [1.29, 1.82) is 0 Å². The molecule has 0 atom stereocenters. The maximum absolute atomic E-state index is 2.71. The van der Waals surface area contributed by atoms with E-state index in [-0.39, 0.29) is 28.5 Å². The highest BCUT2D eigenvalue weighted by atomic mass is 15.3. The molecule has 304 valence electrons. The van der Waals surface area contributed by atoms with Crippen molar-refractivity contribution in [3.05, 3.63) is 179 Å². The minimum atomic E-state index is -0.239. The SMILES string of the molecule is CC(C)(C)c1ccc2c(c1)-c1cc(C(C)(C)C)cc3c1N(B2c1ccc2c(c1)C(C)(C)c1ccccc1N2c1ccccc1)c1ccc(C(C)(C)C)cc1N3c1ccccc1. The van der Waals surface area contributed by atoms with Gasteiger partial charge in [-0.25, -0.2) is 0 Å². The van der Waals surface area contributed by atoms with Crippen LogP contribution >= 0.6 is 0 Å². The summed E-state index contributed by atoms with van der Waals surface area (Å²) in [7, 11) is 0. The molecule has 0 amide bonds. The Labute approximate surface area is 364 Å². The minimum absolute atomic E-state index is 0.0144. The largest absolute Gasteiger partial charge is 0.373 e. The van der Waals surface area contributed by atoms with Crippen LogP contribution < -0.4 is 25.5 Å². The molecule has 3 aliphatic rings. The van der Waals surface area contributed by atoms with Gasteiger partial charge in [-0.15, -0.1) is 0 Å². The Bertz CT molecular complexity index is 2850. The third-order valence-corrected chi connectivity index (χ3v) is 13.6. The highest BCUT2D eigenvalue weighted by molar-refractivity contribution is 6.91. The van der Waals surface area contributed by atoms with E-state index < -0.39 is 0 Å².